The minimum atomic E-state index is -0.546. The fourth-order valence-corrected chi connectivity index (χ4v) is 3.26. The Labute approximate surface area is 163 Å². The van der Waals surface area contributed by atoms with Crippen LogP contribution in [0.15, 0.2) is 18.2 Å². The number of carbonyl (C=O) groups excluding carboxylic acids is 2. The predicted octanol–water partition coefficient (Wildman–Crippen LogP) is 2.92. The van der Waals surface area contributed by atoms with Crippen LogP contribution >= 0.6 is 24.0 Å². The van der Waals surface area contributed by atoms with Crippen molar-refractivity contribution in [3.05, 3.63) is 24.0 Å². The first kappa shape index (κ1) is 20.6. The van der Waals surface area contributed by atoms with Crippen molar-refractivity contribution in [2.75, 3.05) is 41.9 Å². The molecule has 1 atom stereocenters. The minimum Gasteiger partial charge on any atom is -0.442 e. The highest BCUT2D eigenvalue weighted by atomic mass is 35.5. The third-order valence-corrected chi connectivity index (χ3v) is 4.70. The summed E-state index contributed by atoms with van der Waals surface area (Å²) in [5.74, 6) is -0.813. The highest BCUT2D eigenvalue weighted by Gasteiger charge is 2.33. The van der Waals surface area contributed by atoms with Crippen molar-refractivity contribution in [2.24, 2.45) is 0 Å². The van der Waals surface area contributed by atoms with Crippen LogP contribution in [0.2, 0.25) is 0 Å². The van der Waals surface area contributed by atoms with Gasteiger partial charge in [0.15, 0.2) is 0 Å². The molecule has 2 aliphatic rings. The van der Waals surface area contributed by atoms with Crippen molar-refractivity contribution in [3.8, 4) is 0 Å². The van der Waals surface area contributed by atoms with Crippen LogP contribution < -0.4 is 15.1 Å². The molecule has 2 saturated heterocycles. The molecule has 0 bridgehead atoms. The van der Waals surface area contributed by atoms with Crippen molar-refractivity contribution < 1.29 is 18.7 Å². The van der Waals surface area contributed by atoms with Gasteiger partial charge in [-0.2, -0.15) is 0 Å². The summed E-state index contributed by atoms with van der Waals surface area (Å²) < 4.78 is 19.7. The van der Waals surface area contributed by atoms with Crippen LogP contribution in [0.4, 0.5) is 20.6 Å². The van der Waals surface area contributed by atoms with Gasteiger partial charge in [0.1, 0.15) is 17.8 Å². The summed E-state index contributed by atoms with van der Waals surface area (Å²) >= 11 is 5.41. The summed E-state index contributed by atoms with van der Waals surface area (Å²) in [6.45, 7) is 2.14. The second-order valence-electron chi connectivity index (χ2n) is 6.24. The standard InChI is InChI=1S/C17H21ClFN3O3.ClH/c18-9-16(23)20-10-13-11-22(17(24)25-13)12-4-5-15(14(19)8-12)21-6-2-1-3-7-21;/h4-5,8,13H,1-3,6-7,9-11H2,(H,20,23);1H/t13-;/m0./s1. The van der Waals surface area contributed by atoms with E-state index in [4.69, 9.17) is 16.3 Å². The number of alkyl halides is 1. The summed E-state index contributed by atoms with van der Waals surface area (Å²) in [4.78, 5) is 26.6. The number of rotatable bonds is 5. The number of carbonyl (C=O) groups is 2. The molecule has 26 heavy (non-hydrogen) atoms. The molecule has 2 amide bonds. The zero-order valence-corrected chi connectivity index (χ0v) is 15.8. The molecule has 0 aliphatic carbocycles. The maximum Gasteiger partial charge on any atom is 0.414 e. The smallest absolute Gasteiger partial charge is 0.414 e. The summed E-state index contributed by atoms with van der Waals surface area (Å²) in [6.07, 6.45) is 2.28. The maximum absolute atomic E-state index is 14.5. The van der Waals surface area contributed by atoms with Crippen LogP contribution in [-0.2, 0) is 9.53 Å². The van der Waals surface area contributed by atoms with Gasteiger partial charge >= 0.3 is 6.09 Å². The van der Waals surface area contributed by atoms with Gasteiger partial charge in [0.2, 0.25) is 5.91 Å². The summed E-state index contributed by atoms with van der Waals surface area (Å²) in [5.41, 5.74) is 1.02. The Morgan fingerprint density at radius 1 is 1.31 bits per heavy atom. The van der Waals surface area contributed by atoms with Gasteiger partial charge in [0.05, 0.1) is 24.5 Å². The normalized spacial score (nSPS) is 19.8. The molecule has 144 valence electrons. The molecule has 1 N–H and O–H groups in total. The van der Waals surface area contributed by atoms with E-state index >= 15 is 0 Å². The number of halogens is 3. The lowest BCUT2D eigenvalue weighted by Gasteiger charge is -2.29. The van der Waals surface area contributed by atoms with Gasteiger partial charge in [-0.05, 0) is 37.5 Å². The highest BCUT2D eigenvalue weighted by Crippen LogP contribution is 2.29. The maximum atomic E-state index is 14.5. The van der Waals surface area contributed by atoms with Crippen LogP contribution in [0.3, 0.4) is 0 Å². The lowest BCUT2D eigenvalue weighted by molar-refractivity contribution is -0.119. The molecule has 2 aliphatic heterocycles. The van der Waals surface area contributed by atoms with Crippen molar-refractivity contribution in [3.63, 3.8) is 0 Å². The monoisotopic (exact) mass is 405 g/mol. The van der Waals surface area contributed by atoms with Gasteiger partial charge in [-0.15, -0.1) is 24.0 Å². The molecule has 1 aromatic carbocycles. The first-order valence-corrected chi connectivity index (χ1v) is 8.97. The first-order chi connectivity index (χ1) is 12.1. The van der Waals surface area contributed by atoms with Crippen LogP contribution in [0, 0.1) is 5.82 Å². The number of benzene rings is 1. The van der Waals surface area contributed by atoms with Crippen molar-refractivity contribution in [1.29, 1.82) is 0 Å². The number of piperidine rings is 1. The largest absolute Gasteiger partial charge is 0.442 e. The Morgan fingerprint density at radius 2 is 2.04 bits per heavy atom. The Hall–Kier alpha value is -1.73. The number of nitrogens with one attached hydrogen (secondary N) is 1. The number of hydrogen-bond donors (Lipinski definition) is 1. The molecule has 2 fully saturated rings. The van der Waals surface area contributed by atoms with E-state index < -0.39 is 12.2 Å². The van der Waals surface area contributed by atoms with Crippen molar-refractivity contribution >= 4 is 47.4 Å². The molecule has 0 aromatic heterocycles. The van der Waals surface area contributed by atoms with Crippen LogP contribution in [-0.4, -0.2) is 50.2 Å². The van der Waals surface area contributed by atoms with Crippen molar-refractivity contribution in [2.45, 2.75) is 25.4 Å². The van der Waals surface area contributed by atoms with Gasteiger partial charge < -0.3 is 15.0 Å². The third-order valence-electron chi connectivity index (χ3n) is 4.46. The fraction of sp³-hybridized carbons (Fsp3) is 0.529. The zero-order chi connectivity index (χ0) is 17.8. The van der Waals surface area contributed by atoms with E-state index in [0.29, 0.717) is 11.4 Å². The van der Waals surface area contributed by atoms with Gasteiger partial charge in [-0.25, -0.2) is 9.18 Å². The van der Waals surface area contributed by atoms with Crippen molar-refractivity contribution in [1.82, 2.24) is 5.32 Å². The third kappa shape index (κ3) is 4.71. The van der Waals surface area contributed by atoms with E-state index in [1.165, 1.54) is 17.4 Å². The molecular formula is C17H22Cl2FN3O3. The average molecular weight is 406 g/mol. The number of nitrogens with zero attached hydrogens (tertiary/aromatic N) is 2. The van der Waals surface area contributed by atoms with E-state index in [9.17, 15) is 14.0 Å². The zero-order valence-electron chi connectivity index (χ0n) is 14.2. The van der Waals surface area contributed by atoms with E-state index in [2.05, 4.69) is 5.32 Å². The second-order valence-corrected chi connectivity index (χ2v) is 6.50. The van der Waals surface area contributed by atoms with E-state index in [1.807, 2.05) is 4.90 Å². The molecule has 1 aromatic rings. The Morgan fingerprint density at radius 3 is 2.69 bits per heavy atom. The quantitative estimate of drug-likeness (QED) is 0.764. The molecule has 6 nitrogen and oxygen atoms in total. The van der Waals surface area contributed by atoms with Crippen LogP contribution in [0.25, 0.3) is 0 Å². The predicted molar refractivity (Wildman–Crippen MR) is 101 cm³/mol. The van der Waals surface area contributed by atoms with Gasteiger partial charge in [0.25, 0.3) is 0 Å². The SMILES string of the molecule is Cl.O=C(CCl)NC[C@H]1CN(c2ccc(N3CCCCC3)c(F)c2)C(=O)O1. The highest BCUT2D eigenvalue weighted by molar-refractivity contribution is 6.27. The Balaban J connectivity index is 0.00000243. The first-order valence-electron chi connectivity index (χ1n) is 8.44. The summed E-state index contributed by atoms with van der Waals surface area (Å²) in [5, 5.41) is 2.57. The molecule has 3 rings (SSSR count). The molecule has 0 spiro atoms. The molecule has 2 heterocycles. The number of anilines is 2. The topological polar surface area (TPSA) is 61.9 Å². The van der Waals surface area contributed by atoms with Gasteiger partial charge in [-0.1, -0.05) is 0 Å². The Kier molecular flexibility index (Phi) is 7.34. The molecule has 0 saturated carbocycles. The summed E-state index contributed by atoms with van der Waals surface area (Å²) in [7, 11) is 0. The molecule has 9 heteroatoms. The number of hydrogen-bond acceptors (Lipinski definition) is 4. The Bertz CT molecular complexity index is 656. The van der Waals surface area contributed by atoms with Gasteiger partial charge in [-0.3, -0.25) is 9.69 Å². The average Bonchev–Trinajstić information content (AvgIpc) is 3.01. The molecular weight excluding hydrogens is 384 g/mol. The van der Waals surface area contributed by atoms with E-state index in [0.717, 1.165) is 25.9 Å². The van der Waals surface area contributed by atoms with Crippen LogP contribution in [0.5, 0.6) is 0 Å². The fourth-order valence-electron chi connectivity index (χ4n) is 3.17. The molecule has 0 radical (unpaired) electrons. The van der Waals surface area contributed by atoms with Crippen LogP contribution in [0.1, 0.15) is 19.3 Å². The number of ether oxygens (including phenoxy) is 1. The lowest BCUT2D eigenvalue weighted by atomic mass is 10.1. The number of amides is 2. The second kappa shape index (κ2) is 9.28. The number of cyclic esters (lactones) is 1. The van der Waals surface area contributed by atoms with Gasteiger partial charge in [0, 0.05) is 13.1 Å². The van der Waals surface area contributed by atoms with E-state index in [1.54, 1.807) is 12.1 Å². The molecule has 0 unspecified atom stereocenters. The lowest BCUT2D eigenvalue weighted by Crippen LogP contribution is -2.35. The summed E-state index contributed by atoms with van der Waals surface area (Å²) in [6, 6.07) is 4.81. The minimum absolute atomic E-state index is 0. The van der Waals surface area contributed by atoms with E-state index in [-0.39, 0.29) is 43.1 Å².